The zero-order chi connectivity index (χ0) is 12.1. The average molecular weight is 225 g/mol. The van der Waals surface area contributed by atoms with E-state index in [4.69, 9.17) is 5.64 Å². The van der Waals surface area contributed by atoms with E-state index in [0.29, 0.717) is 0 Å². The Bertz CT molecular complexity index is 128. The molecule has 0 aliphatic carbocycles. The highest BCUT2D eigenvalue weighted by Gasteiger charge is 2.07. The van der Waals surface area contributed by atoms with Gasteiger partial charge in [-0.05, 0) is 0 Å². The van der Waals surface area contributed by atoms with Gasteiger partial charge in [-0.15, -0.1) is 0 Å². The highest BCUT2D eigenvalue weighted by Crippen LogP contribution is 2.21. The van der Waals surface area contributed by atoms with Crippen molar-refractivity contribution in [2.24, 2.45) is 5.64 Å². The Hall–Kier alpha value is 0.0249. The van der Waals surface area contributed by atoms with E-state index in [1.165, 1.54) is 70.6 Å². The van der Waals surface area contributed by atoms with E-state index in [1.807, 2.05) is 0 Å². The van der Waals surface area contributed by atoms with Crippen LogP contribution < -0.4 is 5.64 Å². The van der Waals surface area contributed by atoms with Gasteiger partial charge in [-0.2, -0.15) is 0 Å². The van der Waals surface area contributed by atoms with E-state index in [0.717, 1.165) is 13.2 Å². The van der Waals surface area contributed by atoms with Gasteiger partial charge in [-0.3, -0.25) is 0 Å². The van der Waals surface area contributed by atoms with Crippen molar-refractivity contribution in [1.82, 2.24) is 0 Å². The van der Waals surface area contributed by atoms with Crippen LogP contribution in [-0.2, 0) is 0 Å². The molecule has 0 fully saturated rings. The predicted octanol–water partition coefficient (Wildman–Crippen LogP) is 4.42. The summed E-state index contributed by atoms with van der Waals surface area (Å²) in [6.07, 6.45) is 15.3. The Morgan fingerprint density at radius 3 is 1.62 bits per heavy atom. The van der Waals surface area contributed by atoms with Gasteiger partial charge < -0.3 is 5.64 Å². The van der Waals surface area contributed by atoms with Crippen LogP contribution in [0, 0.1) is 0 Å². The van der Waals surface area contributed by atoms with E-state index in [2.05, 4.69) is 13.8 Å². The lowest BCUT2D eigenvalue weighted by molar-refractivity contribution is 0.544. The molecule has 2 heteroatoms. The quantitative estimate of drug-likeness (QED) is 0.386. The molecule has 2 N–H and O–H groups in total. The molecule has 0 aromatic rings. The predicted molar refractivity (Wildman–Crippen MR) is 77.2 cm³/mol. The molecule has 0 radical (unpaired) electrons. The fraction of sp³-hybridized carbons (Fsp3) is 1.00. The Balaban J connectivity index is 3.29. The molecule has 1 unspecified atom stereocenters. The van der Waals surface area contributed by atoms with Crippen molar-refractivity contribution in [3.8, 4) is 0 Å². The molecular weight excluding hydrogens is 193 g/mol. The second-order valence-electron chi connectivity index (χ2n) is 5.15. The normalized spacial score (nSPS) is 12.7. The molecule has 0 rings (SSSR count). The number of unbranched alkanes of at least 4 members (excludes halogenated alkanes) is 7. The minimum absolute atomic E-state index is 0.804. The monoisotopic (exact) mass is 225 g/mol. The van der Waals surface area contributed by atoms with Gasteiger partial charge in [0, 0.05) is 0 Å². The van der Waals surface area contributed by atoms with Gasteiger partial charge in [0.1, 0.15) is 0 Å². The standard InChI is InChI=1S/C14H32BN/c1-3-5-7-9-11-13-14(15-16)12-10-8-6-4-2/h14-15H,3-13,16H2,1-2H3. The first-order chi connectivity index (χ1) is 7.85. The molecule has 96 valence electrons. The maximum Gasteiger partial charge on any atom is 0.201 e. The van der Waals surface area contributed by atoms with Gasteiger partial charge in [0.05, 0.1) is 0 Å². The molecule has 0 bridgehead atoms. The topological polar surface area (TPSA) is 26.0 Å². The van der Waals surface area contributed by atoms with Crippen LogP contribution in [0.1, 0.15) is 84.5 Å². The van der Waals surface area contributed by atoms with Crippen molar-refractivity contribution in [2.75, 3.05) is 0 Å². The number of rotatable bonds is 12. The maximum atomic E-state index is 5.83. The molecule has 1 nitrogen and oxygen atoms in total. The van der Waals surface area contributed by atoms with Crippen LogP contribution in [0.25, 0.3) is 0 Å². The van der Waals surface area contributed by atoms with Crippen molar-refractivity contribution in [3.05, 3.63) is 0 Å². The summed E-state index contributed by atoms with van der Waals surface area (Å²) in [5, 5.41) is 0. The third kappa shape index (κ3) is 10.5. The molecule has 16 heavy (non-hydrogen) atoms. The Morgan fingerprint density at radius 1 is 0.750 bits per heavy atom. The largest absolute Gasteiger partial charge is 0.373 e. The van der Waals surface area contributed by atoms with Crippen LogP contribution in [-0.4, -0.2) is 7.41 Å². The Kier molecular flexibility index (Phi) is 13.1. The van der Waals surface area contributed by atoms with Gasteiger partial charge >= 0.3 is 0 Å². The molecule has 0 heterocycles. The average Bonchev–Trinajstić information content (AvgIpc) is 2.31. The summed E-state index contributed by atoms with van der Waals surface area (Å²) < 4.78 is 0. The fourth-order valence-electron chi connectivity index (χ4n) is 2.28. The summed E-state index contributed by atoms with van der Waals surface area (Å²) in [5.41, 5.74) is 5.83. The lowest BCUT2D eigenvalue weighted by atomic mass is 9.71. The van der Waals surface area contributed by atoms with Gasteiger partial charge in [-0.1, -0.05) is 90.3 Å². The summed E-state index contributed by atoms with van der Waals surface area (Å²) in [6, 6.07) is 0. The van der Waals surface area contributed by atoms with Gasteiger partial charge in [0.2, 0.25) is 7.41 Å². The highest BCUT2D eigenvalue weighted by atomic mass is 14.4. The summed E-state index contributed by atoms with van der Waals surface area (Å²) in [6.45, 7) is 4.55. The van der Waals surface area contributed by atoms with Crippen molar-refractivity contribution in [3.63, 3.8) is 0 Å². The minimum Gasteiger partial charge on any atom is -0.373 e. The molecule has 0 saturated carbocycles. The second-order valence-corrected chi connectivity index (χ2v) is 5.15. The van der Waals surface area contributed by atoms with E-state index in [-0.39, 0.29) is 0 Å². The Morgan fingerprint density at radius 2 is 1.19 bits per heavy atom. The number of nitrogens with two attached hydrogens (primary N) is 1. The molecule has 0 spiro atoms. The summed E-state index contributed by atoms with van der Waals surface area (Å²) in [7, 11) is 0.903. The molecule has 1 atom stereocenters. The fourth-order valence-corrected chi connectivity index (χ4v) is 2.28. The summed E-state index contributed by atoms with van der Waals surface area (Å²) >= 11 is 0. The van der Waals surface area contributed by atoms with E-state index >= 15 is 0 Å². The summed E-state index contributed by atoms with van der Waals surface area (Å²) in [5.74, 6) is 0.804. The van der Waals surface area contributed by atoms with Crippen LogP contribution in [0.2, 0.25) is 5.82 Å². The zero-order valence-corrected chi connectivity index (χ0v) is 11.6. The molecule has 0 aromatic heterocycles. The number of hydrogen-bond donors (Lipinski definition) is 1. The minimum atomic E-state index is 0.804. The van der Waals surface area contributed by atoms with Crippen LogP contribution >= 0.6 is 0 Å². The number of hydrogen-bond acceptors (Lipinski definition) is 1. The van der Waals surface area contributed by atoms with Crippen LogP contribution in [0.15, 0.2) is 0 Å². The molecule has 0 aliphatic rings. The van der Waals surface area contributed by atoms with Crippen molar-refractivity contribution in [1.29, 1.82) is 0 Å². The third-order valence-electron chi connectivity index (χ3n) is 3.52. The first-order valence-corrected chi connectivity index (χ1v) is 7.55. The van der Waals surface area contributed by atoms with E-state index in [9.17, 15) is 0 Å². The van der Waals surface area contributed by atoms with Crippen LogP contribution in [0.5, 0.6) is 0 Å². The van der Waals surface area contributed by atoms with E-state index in [1.54, 1.807) is 0 Å². The molecule has 0 saturated heterocycles. The molecule has 0 aliphatic heterocycles. The SMILES string of the molecule is CCCCCCCC(BN)CCCCCC. The summed E-state index contributed by atoms with van der Waals surface area (Å²) in [4.78, 5) is 0. The van der Waals surface area contributed by atoms with Crippen LogP contribution in [0.4, 0.5) is 0 Å². The first kappa shape index (κ1) is 16.0. The Labute approximate surface area is 104 Å². The lowest BCUT2D eigenvalue weighted by Crippen LogP contribution is -2.13. The van der Waals surface area contributed by atoms with E-state index < -0.39 is 0 Å². The zero-order valence-electron chi connectivity index (χ0n) is 11.6. The second kappa shape index (κ2) is 13.1. The van der Waals surface area contributed by atoms with Crippen molar-refractivity contribution >= 4 is 7.41 Å². The van der Waals surface area contributed by atoms with Crippen molar-refractivity contribution < 1.29 is 0 Å². The van der Waals surface area contributed by atoms with Gasteiger partial charge in [0.25, 0.3) is 0 Å². The van der Waals surface area contributed by atoms with Crippen molar-refractivity contribution in [2.45, 2.75) is 90.3 Å². The van der Waals surface area contributed by atoms with Crippen LogP contribution in [0.3, 0.4) is 0 Å². The van der Waals surface area contributed by atoms with Gasteiger partial charge in [0.15, 0.2) is 0 Å². The highest BCUT2D eigenvalue weighted by molar-refractivity contribution is 6.33. The van der Waals surface area contributed by atoms with Gasteiger partial charge in [-0.25, -0.2) is 0 Å². The smallest absolute Gasteiger partial charge is 0.201 e. The first-order valence-electron chi connectivity index (χ1n) is 7.55. The third-order valence-corrected chi connectivity index (χ3v) is 3.52. The molecular formula is C14H32BN. The lowest BCUT2D eigenvalue weighted by Gasteiger charge is -2.13. The molecule has 0 amide bonds. The maximum absolute atomic E-state index is 5.83. The molecule has 0 aromatic carbocycles.